The number of ether oxygens (including phenoxy) is 1. The molecule has 0 unspecified atom stereocenters. The van der Waals surface area contributed by atoms with Crippen LogP contribution in [0, 0.1) is 6.92 Å². The van der Waals surface area contributed by atoms with Crippen molar-refractivity contribution in [2.45, 2.75) is 38.6 Å². The minimum absolute atomic E-state index is 0.140. The number of hydrogen-bond donors (Lipinski definition) is 2. The maximum absolute atomic E-state index is 11.9. The number of amides is 1. The molecular formula is C17H26ClN2O2+. The fraction of sp³-hybridized carbons (Fsp3) is 0.588. The molecule has 0 radical (unpaired) electrons. The van der Waals surface area contributed by atoms with E-state index in [4.69, 9.17) is 16.3 Å². The number of hydrogen-bond acceptors (Lipinski definition) is 2. The van der Waals surface area contributed by atoms with Crippen LogP contribution in [-0.2, 0) is 4.79 Å². The first-order chi connectivity index (χ1) is 10.5. The summed E-state index contributed by atoms with van der Waals surface area (Å²) in [4.78, 5) is 13.5. The van der Waals surface area contributed by atoms with Crippen LogP contribution in [-0.4, -0.2) is 38.7 Å². The van der Waals surface area contributed by atoms with Gasteiger partial charge in [-0.25, -0.2) is 0 Å². The largest absolute Gasteiger partial charge is 0.493 e. The van der Waals surface area contributed by atoms with Gasteiger partial charge in [0.25, 0.3) is 0 Å². The van der Waals surface area contributed by atoms with Crippen molar-refractivity contribution < 1.29 is 14.4 Å². The lowest BCUT2D eigenvalue weighted by atomic mass is 10.1. The number of quaternary nitrogens is 1. The van der Waals surface area contributed by atoms with E-state index in [1.807, 2.05) is 25.1 Å². The molecule has 1 aliphatic heterocycles. The van der Waals surface area contributed by atoms with Crippen LogP contribution in [0.25, 0.3) is 0 Å². The lowest BCUT2D eigenvalue weighted by molar-refractivity contribution is -0.884. The van der Waals surface area contributed by atoms with Crippen molar-refractivity contribution in [2.24, 2.45) is 0 Å². The maximum atomic E-state index is 11.9. The molecule has 22 heavy (non-hydrogen) atoms. The standard InChI is InChI=1S/C17H25ClN2O2/c1-13-12-14(18)5-6-16(13)22-11-3-4-17(21)19-15-7-9-20(2)10-8-15/h5-6,12,15H,3-4,7-11H2,1-2H3,(H,19,21)/p+1. The molecule has 2 rings (SSSR count). The highest BCUT2D eigenvalue weighted by molar-refractivity contribution is 6.30. The first kappa shape index (κ1) is 17.1. The Morgan fingerprint density at radius 3 is 2.82 bits per heavy atom. The topological polar surface area (TPSA) is 42.8 Å². The number of carbonyl (C=O) groups excluding carboxylic acids is 1. The molecule has 1 aliphatic rings. The van der Waals surface area contributed by atoms with Gasteiger partial charge in [-0.2, -0.15) is 0 Å². The Morgan fingerprint density at radius 1 is 1.41 bits per heavy atom. The molecule has 1 saturated heterocycles. The number of carbonyl (C=O) groups is 1. The number of likely N-dealkylation sites (tertiary alicyclic amines) is 1. The second-order valence-corrected chi connectivity index (χ2v) is 6.60. The van der Waals surface area contributed by atoms with Gasteiger partial charge in [0.2, 0.25) is 5.91 Å². The molecule has 1 aromatic rings. The Morgan fingerprint density at radius 2 is 2.14 bits per heavy atom. The van der Waals surface area contributed by atoms with E-state index in [2.05, 4.69) is 12.4 Å². The second-order valence-electron chi connectivity index (χ2n) is 6.16. The van der Waals surface area contributed by atoms with E-state index < -0.39 is 0 Å². The molecule has 1 aromatic carbocycles. The van der Waals surface area contributed by atoms with Gasteiger partial charge in [-0.3, -0.25) is 4.79 Å². The summed E-state index contributed by atoms with van der Waals surface area (Å²) in [6, 6.07) is 5.93. The molecule has 0 bridgehead atoms. The summed E-state index contributed by atoms with van der Waals surface area (Å²) in [5.41, 5.74) is 1.02. The van der Waals surface area contributed by atoms with E-state index in [1.165, 1.54) is 0 Å². The Kier molecular flexibility index (Phi) is 6.52. The van der Waals surface area contributed by atoms with Gasteiger partial charge in [-0.05, 0) is 37.1 Å². The fourth-order valence-corrected chi connectivity index (χ4v) is 2.97. The molecule has 122 valence electrons. The summed E-state index contributed by atoms with van der Waals surface area (Å²) in [5.74, 6) is 0.976. The molecule has 1 heterocycles. The molecule has 0 spiro atoms. The molecule has 0 aliphatic carbocycles. The highest BCUT2D eigenvalue weighted by Gasteiger charge is 2.20. The average molecular weight is 326 g/mol. The first-order valence-electron chi connectivity index (χ1n) is 8.04. The fourth-order valence-electron chi connectivity index (χ4n) is 2.74. The SMILES string of the molecule is Cc1cc(Cl)ccc1OCCCC(=O)NC1CC[NH+](C)CC1. The van der Waals surface area contributed by atoms with Crippen LogP contribution < -0.4 is 15.0 Å². The number of halogens is 1. The monoisotopic (exact) mass is 325 g/mol. The summed E-state index contributed by atoms with van der Waals surface area (Å²) in [6.07, 6.45) is 3.41. The number of nitrogens with one attached hydrogen (secondary N) is 2. The number of rotatable bonds is 6. The third-order valence-electron chi connectivity index (χ3n) is 4.15. The van der Waals surface area contributed by atoms with Crippen LogP contribution in [0.15, 0.2) is 18.2 Å². The van der Waals surface area contributed by atoms with Gasteiger partial charge in [0.1, 0.15) is 5.75 Å². The van der Waals surface area contributed by atoms with Gasteiger partial charge in [0, 0.05) is 30.3 Å². The summed E-state index contributed by atoms with van der Waals surface area (Å²) in [7, 11) is 2.20. The Bertz CT molecular complexity index is 499. The van der Waals surface area contributed by atoms with Crippen LogP contribution in [0.5, 0.6) is 5.75 Å². The zero-order valence-corrected chi connectivity index (χ0v) is 14.2. The van der Waals surface area contributed by atoms with Crippen LogP contribution in [0.2, 0.25) is 5.02 Å². The summed E-state index contributed by atoms with van der Waals surface area (Å²) in [5, 5.41) is 3.84. The highest BCUT2D eigenvalue weighted by Crippen LogP contribution is 2.21. The molecule has 4 nitrogen and oxygen atoms in total. The minimum Gasteiger partial charge on any atom is -0.493 e. The molecule has 0 atom stereocenters. The van der Waals surface area contributed by atoms with Gasteiger partial charge in [-0.1, -0.05) is 11.6 Å². The van der Waals surface area contributed by atoms with E-state index in [9.17, 15) is 4.79 Å². The highest BCUT2D eigenvalue weighted by atomic mass is 35.5. The third kappa shape index (κ3) is 5.50. The van der Waals surface area contributed by atoms with E-state index in [-0.39, 0.29) is 5.91 Å². The number of aryl methyl sites for hydroxylation is 1. The zero-order chi connectivity index (χ0) is 15.9. The lowest BCUT2D eigenvalue weighted by Gasteiger charge is -2.27. The first-order valence-corrected chi connectivity index (χ1v) is 8.42. The van der Waals surface area contributed by atoms with Crippen LogP contribution in [0.4, 0.5) is 0 Å². The van der Waals surface area contributed by atoms with Gasteiger partial charge in [0.15, 0.2) is 0 Å². The second kappa shape index (κ2) is 8.39. The van der Waals surface area contributed by atoms with Crippen molar-refractivity contribution >= 4 is 17.5 Å². The Labute approximate surface area is 137 Å². The molecule has 2 N–H and O–H groups in total. The smallest absolute Gasteiger partial charge is 0.220 e. The van der Waals surface area contributed by atoms with Crippen LogP contribution in [0.1, 0.15) is 31.2 Å². The molecule has 5 heteroatoms. The van der Waals surface area contributed by atoms with Gasteiger partial charge in [0.05, 0.1) is 26.7 Å². The van der Waals surface area contributed by atoms with E-state index in [0.29, 0.717) is 24.1 Å². The predicted octanol–water partition coefficient (Wildman–Crippen LogP) is 1.60. The summed E-state index contributed by atoms with van der Waals surface area (Å²) < 4.78 is 5.70. The van der Waals surface area contributed by atoms with Gasteiger partial charge in [-0.15, -0.1) is 0 Å². The van der Waals surface area contributed by atoms with Crippen molar-refractivity contribution in [2.75, 3.05) is 26.7 Å². The van der Waals surface area contributed by atoms with E-state index >= 15 is 0 Å². The molecule has 0 saturated carbocycles. The molecular weight excluding hydrogens is 300 g/mol. The minimum atomic E-state index is 0.140. The summed E-state index contributed by atoms with van der Waals surface area (Å²) >= 11 is 5.91. The Balaban J connectivity index is 1.62. The lowest BCUT2D eigenvalue weighted by Crippen LogP contribution is -3.10. The maximum Gasteiger partial charge on any atom is 0.220 e. The molecule has 1 fully saturated rings. The quantitative estimate of drug-likeness (QED) is 0.780. The van der Waals surface area contributed by atoms with Crippen molar-refractivity contribution in [3.8, 4) is 5.75 Å². The van der Waals surface area contributed by atoms with E-state index in [1.54, 1.807) is 4.90 Å². The summed E-state index contributed by atoms with van der Waals surface area (Å²) in [6.45, 7) is 4.80. The third-order valence-corrected chi connectivity index (χ3v) is 4.38. The van der Waals surface area contributed by atoms with Crippen LogP contribution in [0.3, 0.4) is 0 Å². The predicted molar refractivity (Wildman–Crippen MR) is 88.7 cm³/mol. The van der Waals surface area contributed by atoms with Crippen molar-refractivity contribution in [3.63, 3.8) is 0 Å². The number of benzene rings is 1. The van der Waals surface area contributed by atoms with Gasteiger partial charge < -0.3 is 15.0 Å². The van der Waals surface area contributed by atoms with Crippen molar-refractivity contribution in [1.29, 1.82) is 0 Å². The van der Waals surface area contributed by atoms with Crippen molar-refractivity contribution in [3.05, 3.63) is 28.8 Å². The van der Waals surface area contributed by atoms with Crippen molar-refractivity contribution in [1.82, 2.24) is 5.32 Å². The molecule has 0 aromatic heterocycles. The van der Waals surface area contributed by atoms with Gasteiger partial charge >= 0.3 is 0 Å². The number of piperidine rings is 1. The zero-order valence-electron chi connectivity index (χ0n) is 13.5. The van der Waals surface area contributed by atoms with E-state index in [0.717, 1.165) is 43.7 Å². The Hall–Kier alpha value is -1.26. The molecule has 1 amide bonds. The average Bonchev–Trinajstić information content (AvgIpc) is 2.48. The van der Waals surface area contributed by atoms with Crippen LogP contribution >= 0.6 is 11.6 Å². The normalized spacial score (nSPS) is 21.4.